The maximum atomic E-state index is 13.7. The summed E-state index contributed by atoms with van der Waals surface area (Å²) in [4.78, 5) is 16.5. The van der Waals surface area contributed by atoms with Crippen LogP contribution in [0.2, 0.25) is 0 Å². The molecule has 0 saturated carbocycles. The van der Waals surface area contributed by atoms with Crippen molar-refractivity contribution in [3.8, 4) is 0 Å². The van der Waals surface area contributed by atoms with Gasteiger partial charge in [0.25, 0.3) is 5.91 Å². The number of pyridine rings is 1. The molecule has 1 heterocycles. The first-order valence-corrected chi connectivity index (χ1v) is 8.45. The number of hydrogen-bond donors (Lipinski definition) is 2. The third-order valence-electron chi connectivity index (χ3n) is 4.13. The van der Waals surface area contributed by atoms with Crippen molar-refractivity contribution < 1.29 is 9.18 Å². The van der Waals surface area contributed by atoms with E-state index < -0.39 is 11.7 Å². The molecule has 0 aliphatic rings. The van der Waals surface area contributed by atoms with Crippen molar-refractivity contribution in [1.82, 2.24) is 4.98 Å². The van der Waals surface area contributed by atoms with E-state index in [9.17, 15) is 9.18 Å². The summed E-state index contributed by atoms with van der Waals surface area (Å²) in [5, 5.41) is 5.92. The van der Waals surface area contributed by atoms with E-state index in [0.29, 0.717) is 11.3 Å². The number of para-hydroxylation sites is 2. The van der Waals surface area contributed by atoms with Crippen LogP contribution in [0.3, 0.4) is 0 Å². The zero-order valence-corrected chi connectivity index (χ0v) is 14.7. The lowest BCUT2D eigenvalue weighted by Crippen LogP contribution is -2.13. The van der Waals surface area contributed by atoms with E-state index >= 15 is 0 Å². The third kappa shape index (κ3) is 3.88. The number of anilines is 3. The highest BCUT2D eigenvalue weighted by Gasteiger charge is 2.11. The number of aromatic nitrogens is 1. The van der Waals surface area contributed by atoms with Crippen molar-refractivity contribution in [3.63, 3.8) is 0 Å². The van der Waals surface area contributed by atoms with Crippen molar-refractivity contribution in [1.29, 1.82) is 0 Å². The predicted octanol–water partition coefficient (Wildman–Crippen LogP) is 5.09. The molecule has 4 nitrogen and oxygen atoms in total. The Morgan fingerprint density at radius 2 is 1.92 bits per heavy atom. The summed E-state index contributed by atoms with van der Waals surface area (Å²) in [5.74, 6) is -0.887. The summed E-state index contributed by atoms with van der Waals surface area (Å²) >= 11 is 0. The number of nitrogens with zero attached hydrogens (tertiary/aromatic N) is 1. The molecule has 0 spiro atoms. The van der Waals surface area contributed by atoms with Crippen LogP contribution in [0.5, 0.6) is 0 Å². The van der Waals surface area contributed by atoms with E-state index in [1.54, 1.807) is 24.4 Å². The van der Waals surface area contributed by atoms with Crippen LogP contribution in [0.4, 0.5) is 21.5 Å². The average molecular weight is 349 g/mol. The molecule has 5 heteroatoms. The van der Waals surface area contributed by atoms with Gasteiger partial charge in [-0.2, -0.15) is 0 Å². The van der Waals surface area contributed by atoms with Crippen molar-refractivity contribution in [2.24, 2.45) is 0 Å². The molecule has 0 atom stereocenters. The van der Waals surface area contributed by atoms with Gasteiger partial charge in [-0.05, 0) is 42.7 Å². The summed E-state index contributed by atoms with van der Waals surface area (Å²) in [6, 6.07) is 13.9. The van der Waals surface area contributed by atoms with E-state index in [4.69, 9.17) is 0 Å². The molecule has 0 fully saturated rings. The molecule has 2 N–H and O–H groups in total. The van der Waals surface area contributed by atoms with Crippen molar-refractivity contribution in [3.05, 3.63) is 83.4 Å². The van der Waals surface area contributed by atoms with E-state index in [-0.39, 0.29) is 5.69 Å². The Bertz CT molecular complexity index is 940. The number of amides is 1. The van der Waals surface area contributed by atoms with Gasteiger partial charge >= 0.3 is 0 Å². The van der Waals surface area contributed by atoms with E-state index in [1.165, 1.54) is 23.9 Å². The van der Waals surface area contributed by atoms with Crippen LogP contribution in [-0.2, 0) is 6.42 Å². The second-order valence-electron chi connectivity index (χ2n) is 5.98. The first-order valence-electron chi connectivity index (χ1n) is 8.45. The zero-order valence-electron chi connectivity index (χ0n) is 14.7. The van der Waals surface area contributed by atoms with Gasteiger partial charge in [-0.15, -0.1) is 0 Å². The first kappa shape index (κ1) is 17.6. The average Bonchev–Trinajstić information content (AvgIpc) is 2.65. The summed E-state index contributed by atoms with van der Waals surface area (Å²) in [7, 11) is 0. The topological polar surface area (TPSA) is 54.0 Å². The van der Waals surface area contributed by atoms with Gasteiger partial charge in [-0.3, -0.25) is 9.78 Å². The number of aryl methyl sites for hydroxylation is 2. The lowest BCUT2D eigenvalue weighted by Gasteiger charge is -2.14. The molecular weight excluding hydrogens is 329 g/mol. The number of benzene rings is 2. The van der Waals surface area contributed by atoms with E-state index in [0.717, 1.165) is 17.7 Å². The largest absolute Gasteiger partial charge is 0.354 e. The molecule has 3 rings (SSSR count). The molecule has 2 aromatic carbocycles. The molecule has 3 aromatic rings. The van der Waals surface area contributed by atoms with Crippen LogP contribution in [0.15, 0.2) is 60.9 Å². The Labute approximate surface area is 152 Å². The normalized spacial score (nSPS) is 10.4. The molecule has 0 radical (unpaired) electrons. The molecule has 0 saturated heterocycles. The molecular formula is C21H20FN3O. The lowest BCUT2D eigenvalue weighted by atomic mass is 10.1. The van der Waals surface area contributed by atoms with Crippen LogP contribution in [0.1, 0.15) is 28.4 Å². The molecule has 0 unspecified atom stereocenters. The Hall–Kier alpha value is -3.21. The van der Waals surface area contributed by atoms with Crippen molar-refractivity contribution >= 4 is 23.0 Å². The molecule has 1 aromatic heterocycles. The maximum Gasteiger partial charge on any atom is 0.257 e. The van der Waals surface area contributed by atoms with E-state index in [2.05, 4.69) is 28.6 Å². The van der Waals surface area contributed by atoms with Gasteiger partial charge in [0.1, 0.15) is 5.82 Å². The van der Waals surface area contributed by atoms with Gasteiger partial charge in [0.2, 0.25) is 0 Å². The Kier molecular flexibility index (Phi) is 5.27. The second-order valence-corrected chi connectivity index (χ2v) is 5.98. The fraction of sp³-hybridized carbons (Fsp3) is 0.143. The smallest absolute Gasteiger partial charge is 0.257 e. The van der Waals surface area contributed by atoms with Gasteiger partial charge in [0.05, 0.1) is 23.1 Å². The van der Waals surface area contributed by atoms with E-state index in [1.807, 2.05) is 19.1 Å². The van der Waals surface area contributed by atoms with Gasteiger partial charge in [-0.1, -0.05) is 37.3 Å². The molecule has 132 valence electrons. The highest BCUT2D eigenvalue weighted by atomic mass is 19.1. The van der Waals surface area contributed by atoms with Crippen LogP contribution >= 0.6 is 0 Å². The molecule has 26 heavy (non-hydrogen) atoms. The van der Waals surface area contributed by atoms with Gasteiger partial charge < -0.3 is 10.6 Å². The Morgan fingerprint density at radius 1 is 1.12 bits per heavy atom. The Balaban J connectivity index is 1.83. The predicted molar refractivity (Wildman–Crippen MR) is 102 cm³/mol. The quantitative estimate of drug-likeness (QED) is 0.675. The number of rotatable bonds is 5. The number of halogens is 1. The number of carbonyl (C=O) groups excluding carboxylic acids is 1. The highest BCUT2D eigenvalue weighted by molar-refractivity contribution is 6.04. The minimum absolute atomic E-state index is 0.142. The second kappa shape index (κ2) is 7.78. The maximum absolute atomic E-state index is 13.7. The third-order valence-corrected chi connectivity index (χ3v) is 4.13. The number of hydrogen-bond acceptors (Lipinski definition) is 3. The number of carbonyl (C=O) groups is 1. The van der Waals surface area contributed by atoms with Gasteiger partial charge in [-0.25, -0.2) is 4.39 Å². The van der Waals surface area contributed by atoms with Crippen molar-refractivity contribution in [2.75, 3.05) is 10.6 Å². The summed E-state index contributed by atoms with van der Waals surface area (Å²) in [6.45, 7) is 4.13. The Morgan fingerprint density at radius 3 is 2.69 bits per heavy atom. The molecule has 0 bridgehead atoms. The van der Waals surface area contributed by atoms with Crippen molar-refractivity contribution in [2.45, 2.75) is 20.3 Å². The van der Waals surface area contributed by atoms with Crippen LogP contribution in [-0.4, -0.2) is 10.9 Å². The lowest BCUT2D eigenvalue weighted by molar-refractivity contribution is 0.102. The molecule has 0 aliphatic heterocycles. The monoisotopic (exact) mass is 349 g/mol. The minimum atomic E-state index is -0.476. The van der Waals surface area contributed by atoms with Gasteiger partial charge in [0.15, 0.2) is 0 Å². The highest BCUT2D eigenvalue weighted by Crippen LogP contribution is 2.25. The fourth-order valence-electron chi connectivity index (χ4n) is 2.74. The zero-order chi connectivity index (χ0) is 18.5. The van der Waals surface area contributed by atoms with Crippen LogP contribution in [0, 0.1) is 12.7 Å². The standard InChI is InChI=1S/C21H20FN3O/c1-3-15-8-6-7-14(2)20(15)24-17-11-16(12-23-13-17)21(26)25-19-10-5-4-9-18(19)22/h4-13,24H,3H2,1-2H3,(H,25,26). The molecule has 1 amide bonds. The van der Waals surface area contributed by atoms with Crippen LogP contribution in [0.25, 0.3) is 0 Å². The summed E-state index contributed by atoms with van der Waals surface area (Å²) in [6.07, 6.45) is 4.01. The van der Waals surface area contributed by atoms with Crippen LogP contribution < -0.4 is 10.6 Å². The summed E-state index contributed by atoms with van der Waals surface area (Å²) in [5.41, 5.74) is 4.52. The molecule has 0 aliphatic carbocycles. The SMILES string of the molecule is CCc1cccc(C)c1Nc1cncc(C(=O)Nc2ccccc2F)c1. The fourth-order valence-corrected chi connectivity index (χ4v) is 2.74. The number of nitrogens with one attached hydrogen (secondary N) is 2. The van der Waals surface area contributed by atoms with Gasteiger partial charge in [0, 0.05) is 11.9 Å². The first-order chi connectivity index (χ1) is 12.6. The summed E-state index contributed by atoms with van der Waals surface area (Å²) < 4.78 is 13.7. The minimum Gasteiger partial charge on any atom is -0.354 e.